The van der Waals surface area contributed by atoms with E-state index in [1.807, 2.05) is 36.1 Å². The molecule has 0 aliphatic carbocycles. The molecule has 4 heteroatoms. The molecule has 1 aliphatic rings. The van der Waals surface area contributed by atoms with Gasteiger partial charge in [-0.05, 0) is 31.5 Å². The van der Waals surface area contributed by atoms with Crippen LogP contribution in [0.2, 0.25) is 0 Å². The lowest BCUT2D eigenvalue weighted by Gasteiger charge is -2.13. The molecule has 1 aromatic heterocycles. The van der Waals surface area contributed by atoms with Crippen LogP contribution >= 0.6 is 0 Å². The lowest BCUT2D eigenvalue weighted by atomic mass is 10.2. The summed E-state index contributed by atoms with van der Waals surface area (Å²) in [7, 11) is 2.00. The van der Waals surface area contributed by atoms with E-state index in [-0.39, 0.29) is 0 Å². The molecule has 1 N–H and O–H groups in total. The third-order valence-electron chi connectivity index (χ3n) is 3.30. The van der Waals surface area contributed by atoms with E-state index in [2.05, 4.69) is 10.3 Å². The van der Waals surface area contributed by atoms with Crippen molar-refractivity contribution in [3.05, 3.63) is 24.5 Å². The Kier molecular flexibility index (Phi) is 2.73. The Hall–Kier alpha value is -1.55. The highest BCUT2D eigenvalue weighted by atomic mass is 16.5. The molecule has 0 amide bonds. The number of fused-ring (bicyclic) bond motifs is 1. The maximum absolute atomic E-state index is 5.92. The molecule has 0 spiro atoms. The first kappa shape index (κ1) is 10.6. The molecule has 1 aromatic carbocycles. The highest BCUT2D eigenvalue weighted by Crippen LogP contribution is 2.24. The van der Waals surface area contributed by atoms with E-state index in [4.69, 9.17) is 4.74 Å². The standard InChI is InChI=1S/C13H17N3O/c1-16-9-15-11-5-2-6-12(13(11)16)17-8-10-4-3-7-14-10/h2,5-6,9-10,14H,3-4,7-8H2,1H3. The van der Waals surface area contributed by atoms with Crippen molar-refractivity contribution in [1.82, 2.24) is 14.9 Å². The molecule has 1 unspecified atom stereocenters. The van der Waals surface area contributed by atoms with Crippen molar-refractivity contribution >= 4 is 11.0 Å². The number of para-hydroxylation sites is 1. The van der Waals surface area contributed by atoms with Gasteiger partial charge in [0, 0.05) is 13.1 Å². The quantitative estimate of drug-likeness (QED) is 0.874. The third kappa shape index (κ3) is 2.00. The molecular formula is C13H17N3O. The first-order valence-corrected chi connectivity index (χ1v) is 6.11. The molecule has 17 heavy (non-hydrogen) atoms. The van der Waals surface area contributed by atoms with Gasteiger partial charge < -0.3 is 14.6 Å². The van der Waals surface area contributed by atoms with Crippen LogP contribution in [0.4, 0.5) is 0 Å². The number of rotatable bonds is 3. The van der Waals surface area contributed by atoms with E-state index in [1.165, 1.54) is 12.8 Å². The van der Waals surface area contributed by atoms with Gasteiger partial charge in [0.25, 0.3) is 0 Å². The molecule has 3 rings (SSSR count). The molecule has 0 bridgehead atoms. The van der Waals surface area contributed by atoms with Gasteiger partial charge in [-0.1, -0.05) is 6.07 Å². The van der Waals surface area contributed by atoms with E-state index in [0.717, 1.165) is 29.9 Å². The van der Waals surface area contributed by atoms with Crippen LogP contribution < -0.4 is 10.1 Å². The molecular weight excluding hydrogens is 214 g/mol. The molecule has 1 aliphatic heterocycles. The minimum absolute atomic E-state index is 0.499. The van der Waals surface area contributed by atoms with Crippen molar-refractivity contribution in [2.45, 2.75) is 18.9 Å². The number of aromatic nitrogens is 2. The van der Waals surface area contributed by atoms with Gasteiger partial charge in [-0.15, -0.1) is 0 Å². The van der Waals surface area contributed by atoms with E-state index >= 15 is 0 Å². The van der Waals surface area contributed by atoms with Gasteiger partial charge in [0.2, 0.25) is 0 Å². The Bertz CT molecular complexity index is 514. The molecule has 4 nitrogen and oxygen atoms in total. The molecule has 2 heterocycles. The summed E-state index contributed by atoms with van der Waals surface area (Å²) in [6, 6.07) is 6.51. The maximum Gasteiger partial charge on any atom is 0.145 e. The van der Waals surface area contributed by atoms with E-state index in [0.29, 0.717) is 6.04 Å². The van der Waals surface area contributed by atoms with Crippen LogP contribution in [0.25, 0.3) is 11.0 Å². The summed E-state index contributed by atoms with van der Waals surface area (Å²) < 4.78 is 7.93. The first-order valence-electron chi connectivity index (χ1n) is 6.11. The zero-order chi connectivity index (χ0) is 11.7. The highest BCUT2D eigenvalue weighted by molar-refractivity contribution is 5.81. The number of benzene rings is 1. The molecule has 0 saturated carbocycles. The van der Waals surface area contributed by atoms with Gasteiger partial charge in [-0.2, -0.15) is 0 Å². The molecule has 2 aromatic rings. The van der Waals surface area contributed by atoms with Crippen molar-refractivity contribution in [1.29, 1.82) is 0 Å². The summed E-state index contributed by atoms with van der Waals surface area (Å²) in [5, 5.41) is 3.44. The van der Waals surface area contributed by atoms with Gasteiger partial charge in [-0.25, -0.2) is 4.98 Å². The van der Waals surface area contributed by atoms with E-state index < -0.39 is 0 Å². The summed E-state index contributed by atoms with van der Waals surface area (Å²) in [5.41, 5.74) is 2.06. The van der Waals surface area contributed by atoms with Crippen molar-refractivity contribution in [3.8, 4) is 5.75 Å². The smallest absolute Gasteiger partial charge is 0.145 e. The van der Waals surface area contributed by atoms with Crippen molar-refractivity contribution in [2.75, 3.05) is 13.2 Å². The summed E-state index contributed by atoms with van der Waals surface area (Å²) in [6.45, 7) is 1.86. The van der Waals surface area contributed by atoms with Crippen molar-refractivity contribution in [3.63, 3.8) is 0 Å². The second-order valence-electron chi connectivity index (χ2n) is 4.58. The Labute approximate surface area is 101 Å². The average Bonchev–Trinajstić information content (AvgIpc) is 2.97. The molecule has 1 fully saturated rings. The van der Waals surface area contributed by atoms with Gasteiger partial charge >= 0.3 is 0 Å². The Balaban J connectivity index is 1.81. The Morgan fingerprint density at radius 2 is 2.47 bits per heavy atom. The summed E-state index contributed by atoms with van der Waals surface area (Å²) in [5.74, 6) is 0.927. The lowest BCUT2D eigenvalue weighted by Crippen LogP contribution is -2.28. The lowest BCUT2D eigenvalue weighted by molar-refractivity contribution is 0.279. The zero-order valence-corrected chi connectivity index (χ0v) is 10.0. The number of ether oxygens (including phenoxy) is 1. The molecule has 0 radical (unpaired) electrons. The van der Waals surface area contributed by atoms with Crippen LogP contribution in [0.15, 0.2) is 24.5 Å². The summed E-state index contributed by atoms with van der Waals surface area (Å²) in [6.07, 6.45) is 4.29. The van der Waals surface area contributed by atoms with Crippen LogP contribution in [0.1, 0.15) is 12.8 Å². The minimum Gasteiger partial charge on any atom is -0.490 e. The fraction of sp³-hybridized carbons (Fsp3) is 0.462. The fourth-order valence-electron chi connectivity index (χ4n) is 2.38. The third-order valence-corrected chi connectivity index (χ3v) is 3.30. The van der Waals surface area contributed by atoms with Crippen molar-refractivity contribution < 1.29 is 4.74 Å². The minimum atomic E-state index is 0.499. The zero-order valence-electron chi connectivity index (χ0n) is 10.0. The normalized spacial score (nSPS) is 19.9. The predicted molar refractivity (Wildman–Crippen MR) is 67.2 cm³/mol. The first-order chi connectivity index (χ1) is 8.34. The monoisotopic (exact) mass is 231 g/mol. The number of nitrogens with zero attached hydrogens (tertiary/aromatic N) is 2. The SMILES string of the molecule is Cn1cnc2cccc(OCC3CCCN3)c21. The largest absolute Gasteiger partial charge is 0.490 e. The second-order valence-corrected chi connectivity index (χ2v) is 4.58. The highest BCUT2D eigenvalue weighted by Gasteiger charge is 2.15. The maximum atomic E-state index is 5.92. The van der Waals surface area contributed by atoms with Gasteiger partial charge in [0.05, 0.1) is 11.8 Å². The molecule has 90 valence electrons. The Morgan fingerprint density at radius 1 is 1.53 bits per heavy atom. The summed E-state index contributed by atoms with van der Waals surface area (Å²) >= 11 is 0. The molecule has 1 atom stereocenters. The number of aryl methyl sites for hydroxylation is 1. The van der Waals surface area contributed by atoms with E-state index in [1.54, 1.807) is 0 Å². The number of hydrogen-bond acceptors (Lipinski definition) is 3. The van der Waals surface area contributed by atoms with Crippen molar-refractivity contribution in [2.24, 2.45) is 7.05 Å². The van der Waals surface area contributed by atoms with Gasteiger partial charge in [0.1, 0.15) is 17.9 Å². The number of nitrogens with one attached hydrogen (secondary N) is 1. The van der Waals surface area contributed by atoms with Crippen LogP contribution in [0.3, 0.4) is 0 Å². The van der Waals surface area contributed by atoms with Crippen LogP contribution in [-0.4, -0.2) is 28.7 Å². The van der Waals surface area contributed by atoms with Gasteiger partial charge in [0.15, 0.2) is 0 Å². The van der Waals surface area contributed by atoms with Crippen LogP contribution in [0, 0.1) is 0 Å². The predicted octanol–water partition coefficient (Wildman–Crippen LogP) is 1.70. The number of hydrogen-bond donors (Lipinski definition) is 1. The Morgan fingerprint density at radius 3 is 3.29 bits per heavy atom. The molecule has 1 saturated heterocycles. The average molecular weight is 231 g/mol. The van der Waals surface area contributed by atoms with Crippen LogP contribution in [0.5, 0.6) is 5.75 Å². The second kappa shape index (κ2) is 4.37. The van der Waals surface area contributed by atoms with E-state index in [9.17, 15) is 0 Å². The van der Waals surface area contributed by atoms with Crippen LogP contribution in [-0.2, 0) is 7.05 Å². The summed E-state index contributed by atoms with van der Waals surface area (Å²) in [4.78, 5) is 4.33. The number of imidazole rings is 1. The van der Waals surface area contributed by atoms with Gasteiger partial charge in [-0.3, -0.25) is 0 Å². The fourth-order valence-corrected chi connectivity index (χ4v) is 2.38. The topological polar surface area (TPSA) is 39.1 Å².